The highest BCUT2D eigenvalue weighted by Crippen LogP contribution is 2.35. The van der Waals surface area contributed by atoms with Crippen molar-refractivity contribution < 1.29 is 19.4 Å². The van der Waals surface area contributed by atoms with Gasteiger partial charge in [-0.1, -0.05) is 42.5 Å². The number of carbonyl (C=O) groups excluding carboxylic acids is 2. The Bertz CT molecular complexity index is 1380. The van der Waals surface area contributed by atoms with E-state index in [1.54, 1.807) is 16.0 Å². The van der Waals surface area contributed by atoms with E-state index in [0.717, 1.165) is 34.0 Å². The lowest BCUT2D eigenvalue weighted by atomic mass is 9.98. The van der Waals surface area contributed by atoms with Crippen LogP contribution in [-0.2, 0) is 14.3 Å². The number of aromatic nitrogens is 1. The molecule has 8 nitrogen and oxygen atoms in total. The van der Waals surface area contributed by atoms with Gasteiger partial charge in [-0.25, -0.2) is 4.99 Å². The van der Waals surface area contributed by atoms with Crippen LogP contribution in [0.1, 0.15) is 25.3 Å². The summed E-state index contributed by atoms with van der Waals surface area (Å²) in [4.78, 5) is 38.8. The van der Waals surface area contributed by atoms with Gasteiger partial charge in [-0.05, 0) is 42.5 Å². The van der Waals surface area contributed by atoms with Crippen molar-refractivity contribution in [3.8, 4) is 11.1 Å². The average Bonchev–Trinajstić information content (AvgIpc) is 3.65. The van der Waals surface area contributed by atoms with E-state index in [2.05, 4.69) is 35.3 Å². The third-order valence-electron chi connectivity index (χ3n) is 7.70. The average molecular weight is 499 g/mol. The largest absolute Gasteiger partial charge is 0.384 e. The monoisotopic (exact) mass is 498 g/mol. The van der Waals surface area contributed by atoms with Crippen LogP contribution in [0.3, 0.4) is 0 Å². The molecule has 2 amide bonds. The minimum absolute atomic E-state index is 0.0232. The molecule has 8 heteroatoms. The van der Waals surface area contributed by atoms with Gasteiger partial charge in [-0.2, -0.15) is 0 Å². The molecule has 0 radical (unpaired) electrons. The van der Waals surface area contributed by atoms with E-state index in [-0.39, 0.29) is 17.7 Å². The number of aliphatic hydroxyl groups excluding tert-OH is 1. The normalized spacial score (nSPS) is 24.3. The number of carbonyl (C=O) groups is 2. The summed E-state index contributed by atoms with van der Waals surface area (Å²) >= 11 is 0. The molecular weight excluding hydrogens is 468 g/mol. The number of rotatable bonds is 5. The molecule has 190 valence electrons. The van der Waals surface area contributed by atoms with Crippen LogP contribution >= 0.6 is 0 Å². The number of hydrogen-bond acceptors (Lipinski definition) is 6. The first kappa shape index (κ1) is 23.8. The van der Waals surface area contributed by atoms with Crippen LogP contribution in [0.15, 0.2) is 65.8 Å². The lowest BCUT2D eigenvalue weighted by Gasteiger charge is -2.25. The molecule has 0 saturated carbocycles. The number of pyridine rings is 1. The number of likely N-dealkylation sites (tertiary alicyclic amines) is 1. The predicted molar refractivity (Wildman–Crippen MR) is 140 cm³/mol. The van der Waals surface area contributed by atoms with Gasteiger partial charge >= 0.3 is 0 Å². The SMILES string of the molecule is CC(O)C(=O)N1CC[C@@H](CN2C(=O)C3(CCOC3)N=C2c2ccc(-c3ccc4cccnc4c3)cc2)C1. The Kier molecular flexibility index (Phi) is 6.01. The minimum Gasteiger partial charge on any atom is -0.384 e. The van der Waals surface area contributed by atoms with Crippen LogP contribution < -0.4 is 0 Å². The zero-order valence-electron chi connectivity index (χ0n) is 20.8. The molecule has 1 spiro atoms. The Morgan fingerprint density at radius 3 is 2.70 bits per heavy atom. The third kappa shape index (κ3) is 4.30. The number of aliphatic hydroxyl groups is 1. The predicted octanol–water partition coefficient (Wildman–Crippen LogP) is 2.88. The van der Waals surface area contributed by atoms with E-state index in [1.165, 1.54) is 6.92 Å². The summed E-state index contributed by atoms with van der Waals surface area (Å²) in [5.41, 5.74) is 3.12. The number of hydrogen-bond donors (Lipinski definition) is 1. The molecule has 3 aliphatic heterocycles. The zero-order valence-corrected chi connectivity index (χ0v) is 20.8. The molecule has 0 bridgehead atoms. The molecule has 2 aromatic carbocycles. The Balaban J connectivity index is 1.26. The minimum atomic E-state index is -1.01. The molecule has 2 unspecified atom stereocenters. The molecule has 1 N–H and O–H groups in total. The number of amidine groups is 1. The van der Waals surface area contributed by atoms with E-state index < -0.39 is 11.6 Å². The van der Waals surface area contributed by atoms with Gasteiger partial charge in [0.15, 0.2) is 5.54 Å². The summed E-state index contributed by atoms with van der Waals surface area (Å²) in [6.45, 7) is 3.91. The van der Waals surface area contributed by atoms with Crippen molar-refractivity contribution in [3.63, 3.8) is 0 Å². The molecular formula is C29H30N4O4. The maximum Gasteiger partial charge on any atom is 0.258 e. The molecule has 2 fully saturated rings. The standard InChI is InChI=1S/C29H30N4O4/c1-19(34)27(35)32-13-10-20(16-32)17-33-26(31-29(28(33)36)11-14-37-18-29)23-7-4-21(5-8-23)24-9-6-22-3-2-12-30-25(22)15-24/h2-9,12,15,19-20,34H,10-11,13-14,16-18H2,1H3/t19?,20-,29?/m1/s1. The van der Waals surface area contributed by atoms with Crippen LogP contribution in [0, 0.1) is 5.92 Å². The van der Waals surface area contributed by atoms with E-state index in [1.807, 2.05) is 24.3 Å². The summed E-state index contributed by atoms with van der Waals surface area (Å²) in [5, 5.41) is 10.8. The first-order valence-corrected chi connectivity index (χ1v) is 12.9. The van der Waals surface area contributed by atoms with Gasteiger partial charge in [0.2, 0.25) is 0 Å². The maximum absolute atomic E-state index is 13.6. The van der Waals surface area contributed by atoms with Gasteiger partial charge in [0.25, 0.3) is 11.8 Å². The van der Waals surface area contributed by atoms with Crippen LogP contribution in [-0.4, -0.2) is 82.0 Å². The fourth-order valence-corrected chi connectivity index (χ4v) is 5.62. The highest BCUT2D eigenvalue weighted by Gasteiger charge is 2.51. The molecule has 2 saturated heterocycles. The summed E-state index contributed by atoms with van der Waals surface area (Å²) in [6, 6.07) is 18.4. The van der Waals surface area contributed by atoms with Gasteiger partial charge in [-0.15, -0.1) is 0 Å². The second-order valence-corrected chi connectivity index (χ2v) is 10.3. The first-order chi connectivity index (χ1) is 17.9. The molecule has 3 aromatic rings. The molecule has 1 aromatic heterocycles. The fourth-order valence-electron chi connectivity index (χ4n) is 5.62. The Morgan fingerprint density at radius 2 is 1.95 bits per heavy atom. The van der Waals surface area contributed by atoms with Crippen molar-refractivity contribution >= 4 is 28.6 Å². The van der Waals surface area contributed by atoms with E-state index in [9.17, 15) is 14.7 Å². The van der Waals surface area contributed by atoms with Crippen molar-refractivity contribution in [2.24, 2.45) is 10.9 Å². The quantitative estimate of drug-likeness (QED) is 0.584. The Labute approximate surface area is 215 Å². The molecule has 3 atom stereocenters. The molecule has 4 heterocycles. The van der Waals surface area contributed by atoms with Crippen LogP contribution in [0.4, 0.5) is 0 Å². The van der Waals surface area contributed by atoms with Crippen molar-refractivity contribution in [3.05, 3.63) is 66.4 Å². The van der Waals surface area contributed by atoms with Crippen molar-refractivity contribution in [2.45, 2.75) is 31.4 Å². The number of ether oxygens (including phenoxy) is 1. The second kappa shape index (κ2) is 9.36. The number of fused-ring (bicyclic) bond motifs is 1. The number of aliphatic imine (C=N–C) groups is 1. The molecule has 6 rings (SSSR count). The fraction of sp³-hybridized carbons (Fsp3) is 0.379. The zero-order chi connectivity index (χ0) is 25.6. The highest BCUT2D eigenvalue weighted by molar-refractivity contribution is 6.15. The molecule has 0 aliphatic carbocycles. The van der Waals surface area contributed by atoms with E-state index >= 15 is 0 Å². The van der Waals surface area contributed by atoms with Crippen molar-refractivity contribution in [1.82, 2.24) is 14.8 Å². The maximum atomic E-state index is 13.6. The van der Waals surface area contributed by atoms with Gasteiger partial charge in [0.1, 0.15) is 11.9 Å². The Hall–Kier alpha value is -3.62. The summed E-state index contributed by atoms with van der Waals surface area (Å²) in [7, 11) is 0. The summed E-state index contributed by atoms with van der Waals surface area (Å²) in [5.74, 6) is 0.510. The lowest BCUT2D eigenvalue weighted by molar-refractivity contribution is -0.138. The number of amides is 2. The van der Waals surface area contributed by atoms with Gasteiger partial charge in [0, 0.05) is 49.8 Å². The highest BCUT2D eigenvalue weighted by atomic mass is 16.5. The second-order valence-electron chi connectivity index (χ2n) is 10.3. The molecule has 3 aliphatic rings. The van der Waals surface area contributed by atoms with Gasteiger partial charge < -0.3 is 14.7 Å². The van der Waals surface area contributed by atoms with Crippen molar-refractivity contribution in [2.75, 3.05) is 32.8 Å². The van der Waals surface area contributed by atoms with Crippen LogP contribution in [0.25, 0.3) is 22.0 Å². The number of nitrogens with zero attached hydrogens (tertiary/aromatic N) is 4. The topological polar surface area (TPSA) is 95.3 Å². The summed E-state index contributed by atoms with van der Waals surface area (Å²) in [6.07, 6.45) is 2.14. The van der Waals surface area contributed by atoms with E-state index in [4.69, 9.17) is 9.73 Å². The number of benzene rings is 2. The smallest absolute Gasteiger partial charge is 0.258 e. The van der Waals surface area contributed by atoms with Crippen LogP contribution in [0.2, 0.25) is 0 Å². The lowest BCUT2D eigenvalue weighted by Crippen LogP contribution is -2.45. The van der Waals surface area contributed by atoms with Crippen LogP contribution in [0.5, 0.6) is 0 Å². The van der Waals surface area contributed by atoms with Crippen molar-refractivity contribution in [1.29, 1.82) is 0 Å². The van der Waals surface area contributed by atoms with Gasteiger partial charge in [0.05, 0.1) is 12.1 Å². The summed E-state index contributed by atoms with van der Waals surface area (Å²) < 4.78 is 5.60. The first-order valence-electron chi connectivity index (χ1n) is 12.9. The van der Waals surface area contributed by atoms with Gasteiger partial charge in [-0.3, -0.25) is 19.5 Å². The van der Waals surface area contributed by atoms with E-state index in [0.29, 0.717) is 45.1 Å². The third-order valence-corrected chi connectivity index (χ3v) is 7.70. The molecule has 37 heavy (non-hydrogen) atoms. The Morgan fingerprint density at radius 1 is 1.16 bits per heavy atom.